The highest BCUT2D eigenvalue weighted by Crippen LogP contribution is 2.31. The molecule has 0 aliphatic rings. The van der Waals surface area contributed by atoms with Gasteiger partial charge in [-0.05, 0) is 49.5 Å². The first kappa shape index (κ1) is 27.5. The van der Waals surface area contributed by atoms with E-state index in [0.717, 1.165) is 36.4 Å². The van der Waals surface area contributed by atoms with E-state index in [1.54, 1.807) is 30.5 Å². The Morgan fingerprint density at radius 3 is 2.50 bits per heavy atom. The number of nitriles is 1. The average Bonchev–Trinajstić information content (AvgIpc) is 3.28. The van der Waals surface area contributed by atoms with Gasteiger partial charge in [0.2, 0.25) is 0 Å². The van der Waals surface area contributed by atoms with E-state index < -0.39 is 0 Å². The zero-order valence-corrected chi connectivity index (χ0v) is 22.3. The van der Waals surface area contributed by atoms with E-state index in [0.29, 0.717) is 46.0 Å². The van der Waals surface area contributed by atoms with Gasteiger partial charge >= 0.3 is 0 Å². The maximum Gasteiger partial charge on any atom is 0.152 e. The lowest BCUT2D eigenvalue weighted by Gasteiger charge is -2.15. The molecule has 3 aromatic heterocycles. The number of halogens is 3. The number of rotatable bonds is 10. The molecule has 0 aliphatic heterocycles. The number of nitrogens with one attached hydrogen (secondary N) is 2. The van der Waals surface area contributed by atoms with Crippen molar-refractivity contribution in [1.82, 2.24) is 24.5 Å². The molecule has 0 fully saturated rings. The third-order valence-electron chi connectivity index (χ3n) is 5.61. The van der Waals surface area contributed by atoms with Crippen molar-refractivity contribution in [3.8, 4) is 17.3 Å². The summed E-state index contributed by atoms with van der Waals surface area (Å²) in [4.78, 5) is 11.4. The van der Waals surface area contributed by atoms with Crippen molar-refractivity contribution >= 4 is 52.8 Å². The van der Waals surface area contributed by atoms with Crippen molar-refractivity contribution in [3.05, 3.63) is 70.1 Å². The summed E-state index contributed by atoms with van der Waals surface area (Å²) in [5.41, 5.74) is 3.86. The number of benzene rings is 1. The number of hydrogen-bond donors (Lipinski definition) is 2. The molecule has 188 valence electrons. The van der Waals surface area contributed by atoms with Crippen molar-refractivity contribution in [2.45, 2.75) is 20.4 Å². The first-order valence-electron chi connectivity index (χ1n) is 11.4. The molecule has 3 heterocycles. The number of fused-ring (bicyclic) bond motifs is 1. The van der Waals surface area contributed by atoms with Gasteiger partial charge in [0.05, 0.1) is 28.2 Å². The highest BCUT2D eigenvalue weighted by Gasteiger charge is 2.14. The lowest BCUT2D eigenvalue weighted by molar-refractivity contribution is 0.292. The molecule has 0 spiro atoms. The second-order valence-corrected chi connectivity index (χ2v) is 8.77. The van der Waals surface area contributed by atoms with Gasteiger partial charge in [0, 0.05) is 36.4 Å². The van der Waals surface area contributed by atoms with E-state index >= 15 is 0 Å². The lowest BCUT2D eigenvalue weighted by atomic mass is 10.1. The molecular weight excluding hydrogens is 519 g/mol. The molecule has 0 saturated heterocycles. The lowest BCUT2D eigenvalue weighted by Crippen LogP contribution is -2.22. The normalized spacial score (nSPS) is 10.8. The molecule has 11 heteroatoms. The highest BCUT2D eigenvalue weighted by molar-refractivity contribution is 6.36. The molecule has 0 atom stereocenters. The van der Waals surface area contributed by atoms with E-state index in [4.69, 9.17) is 38.5 Å². The Labute approximate surface area is 226 Å². The minimum atomic E-state index is 0. The summed E-state index contributed by atoms with van der Waals surface area (Å²) >= 11 is 12.6. The summed E-state index contributed by atoms with van der Waals surface area (Å²) in [5.74, 6) is 1.41. The van der Waals surface area contributed by atoms with Crippen LogP contribution >= 0.6 is 35.6 Å². The molecule has 0 bridgehead atoms. The minimum Gasteiger partial charge on any atom is -0.368 e. The molecule has 0 radical (unpaired) electrons. The van der Waals surface area contributed by atoms with Crippen molar-refractivity contribution in [2.24, 2.45) is 0 Å². The largest absolute Gasteiger partial charge is 0.368 e. The molecule has 0 unspecified atom stereocenters. The second kappa shape index (κ2) is 12.7. The van der Waals surface area contributed by atoms with Crippen LogP contribution in [0.15, 0.2) is 48.8 Å². The van der Waals surface area contributed by atoms with Crippen LogP contribution < -0.4 is 10.6 Å². The molecule has 4 aromatic rings. The molecule has 0 amide bonds. The van der Waals surface area contributed by atoms with Gasteiger partial charge < -0.3 is 10.6 Å². The summed E-state index contributed by atoms with van der Waals surface area (Å²) in [6.45, 7) is 8.16. The molecule has 36 heavy (non-hydrogen) atoms. The molecule has 0 aliphatic carbocycles. The Balaban J connectivity index is 0.00000361. The number of nitrogens with zero attached hydrogens (tertiary/aromatic N) is 6. The fourth-order valence-corrected chi connectivity index (χ4v) is 4.19. The van der Waals surface area contributed by atoms with E-state index in [1.165, 1.54) is 0 Å². The molecule has 1 aromatic carbocycles. The summed E-state index contributed by atoms with van der Waals surface area (Å²) in [6.07, 6.45) is 3.43. The van der Waals surface area contributed by atoms with E-state index in [-0.39, 0.29) is 12.4 Å². The van der Waals surface area contributed by atoms with Gasteiger partial charge in [0.15, 0.2) is 5.82 Å². The number of aromatic nitrogens is 4. The zero-order valence-electron chi connectivity index (χ0n) is 20.0. The van der Waals surface area contributed by atoms with Crippen LogP contribution in [0.5, 0.6) is 0 Å². The molecule has 0 saturated carbocycles. The first-order chi connectivity index (χ1) is 17.0. The van der Waals surface area contributed by atoms with Gasteiger partial charge in [0.25, 0.3) is 0 Å². The van der Waals surface area contributed by atoms with Crippen molar-refractivity contribution in [1.29, 1.82) is 5.26 Å². The fourth-order valence-electron chi connectivity index (χ4n) is 3.69. The van der Waals surface area contributed by atoms with Crippen LogP contribution in [0.2, 0.25) is 10.0 Å². The summed E-state index contributed by atoms with van der Waals surface area (Å²) in [6, 6.07) is 13.0. The van der Waals surface area contributed by atoms with Gasteiger partial charge in [-0.15, -0.1) is 12.4 Å². The van der Waals surface area contributed by atoms with Crippen molar-refractivity contribution < 1.29 is 0 Å². The first-order valence-corrected chi connectivity index (χ1v) is 12.2. The Bertz CT molecular complexity index is 1340. The van der Waals surface area contributed by atoms with Crippen LogP contribution in [0.25, 0.3) is 16.8 Å². The van der Waals surface area contributed by atoms with Crippen LogP contribution in [0.4, 0.5) is 11.6 Å². The average molecular weight is 546 g/mol. The predicted octanol–water partition coefficient (Wildman–Crippen LogP) is 5.76. The number of pyridine rings is 1. The molecular formula is C25H27Cl3N8. The summed E-state index contributed by atoms with van der Waals surface area (Å²) in [5, 5.41) is 21.5. The third-order valence-corrected chi connectivity index (χ3v) is 6.16. The Morgan fingerprint density at radius 1 is 1.06 bits per heavy atom. The third kappa shape index (κ3) is 6.56. The van der Waals surface area contributed by atoms with Gasteiger partial charge in [-0.25, -0.2) is 14.5 Å². The smallest absolute Gasteiger partial charge is 0.152 e. The van der Waals surface area contributed by atoms with Gasteiger partial charge in [-0.1, -0.05) is 37.0 Å². The Hall–Kier alpha value is -3.09. The maximum atomic E-state index is 8.92. The van der Waals surface area contributed by atoms with Crippen LogP contribution in [0, 0.1) is 11.3 Å². The van der Waals surface area contributed by atoms with Crippen LogP contribution in [-0.2, 0) is 6.54 Å². The van der Waals surface area contributed by atoms with Crippen molar-refractivity contribution in [3.63, 3.8) is 0 Å². The monoisotopic (exact) mass is 544 g/mol. The standard InChI is InChI=1S/C25H26Cl2N8.ClH/c1-3-34(4-2)15-19-12-23-25(30-10-9-29-24-8-5-17(13-28)14-31-24)32-22(16-35(23)33-19)20-7-6-18(26)11-21(20)27;/h5-8,11-12,14,16H,3-4,9-10,15H2,1-2H3,(H,29,31)(H,30,32);1H. The molecule has 4 rings (SSSR count). The zero-order chi connectivity index (χ0) is 24.8. The van der Waals surface area contributed by atoms with Crippen LogP contribution in [-0.4, -0.2) is 50.7 Å². The highest BCUT2D eigenvalue weighted by atomic mass is 35.5. The molecule has 8 nitrogen and oxygen atoms in total. The van der Waals surface area contributed by atoms with E-state index in [2.05, 4.69) is 46.5 Å². The number of hydrogen-bond acceptors (Lipinski definition) is 7. The Kier molecular flexibility index (Phi) is 9.73. The van der Waals surface area contributed by atoms with Gasteiger partial charge in [-0.2, -0.15) is 10.4 Å². The summed E-state index contributed by atoms with van der Waals surface area (Å²) < 4.78 is 1.85. The van der Waals surface area contributed by atoms with E-state index in [9.17, 15) is 0 Å². The topological polar surface area (TPSA) is 94.2 Å². The van der Waals surface area contributed by atoms with Crippen molar-refractivity contribution in [2.75, 3.05) is 36.8 Å². The summed E-state index contributed by atoms with van der Waals surface area (Å²) in [7, 11) is 0. The second-order valence-electron chi connectivity index (χ2n) is 7.92. The van der Waals surface area contributed by atoms with Crippen LogP contribution in [0.3, 0.4) is 0 Å². The SMILES string of the molecule is CCN(CC)Cc1cc2c(NCCNc3ccc(C#N)cn3)nc(-c3ccc(Cl)cc3Cl)cn2n1.Cl. The molecule has 2 N–H and O–H groups in total. The predicted molar refractivity (Wildman–Crippen MR) is 148 cm³/mol. The number of anilines is 2. The van der Waals surface area contributed by atoms with Crippen LogP contribution in [0.1, 0.15) is 25.1 Å². The fraction of sp³-hybridized carbons (Fsp3) is 0.280. The Morgan fingerprint density at radius 2 is 1.83 bits per heavy atom. The quantitative estimate of drug-likeness (QED) is 0.245. The van der Waals surface area contributed by atoms with Gasteiger partial charge in [0.1, 0.15) is 17.4 Å². The van der Waals surface area contributed by atoms with E-state index in [1.807, 2.05) is 16.8 Å². The van der Waals surface area contributed by atoms with Gasteiger partial charge in [-0.3, -0.25) is 4.90 Å². The minimum absolute atomic E-state index is 0. The maximum absolute atomic E-state index is 8.92.